The molecule has 1 heterocycles. The molecule has 0 radical (unpaired) electrons. The molecule has 4 nitrogen and oxygen atoms in total. The van der Waals surface area contributed by atoms with Crippen LogP contribution in [0, 0.1) is 13.8 Å². The standard InChI is InChI=1S/C21H26ClN3O/c1-15-8-9-19(16(2)14-15)23-21(26)17(3)24-10-12-25(13-11-24)20-7-5-4-6-18(20)22/h4-9,14,17H,10-13H2,1-3H3,(H,23,26)/t17-/m1/s1. The zero-order chi connectivity index (χ0) is 18.7. The summed E-state index contributed by atoms with van der Waals surface area (Å²) in [6.45, 7) is 9.47. The van der Waals surface area contributed by atoms with E-state index >= 15 is 0 Å². The highest BCUT2D eigenvalue weighted by Crippen LogP contribution is 2.26. The van der Waals surface area contributed by atoms with Crippen LogP contribution in [-0.4, -0.2) is 43.0 Å². The van der Waals surface area contributed by atoms with Crippen LogP contribution in [0.15, 0.2) is 42.5 Å². The number of para-hydroxylation sites is 1. The summed E-state index contributed by atoms with van der Waals surface area (Å²) in [5, 5.41) is 3.85. The number of carbonyl (C=O) groups excluding carboxylic acids is 1. The summed E-state index contributed by atoms with van der Waals surface area (Å²) < 4.78 is 0. The zero-order valence-corrected chi connectivity index (χ0v) is 16.4. The predicted octanol–water partition coefficient (Wildman–Crippen LogP) is 4.11. The van der Waals surface area contributed by atoms with Crippen molar-refractivity contribution < 1.29 is 4.79 Å². The SMILES string of the molecule is Cc1ccc(NC(=O)[C@@H](C)N2CCN(c3ccccc3Cl)CC2)c(C)c1. The Labute approximate surface area is 160 Å². The summed E-state index contributed by atoms with van der Waals surface area (Å²) >= 11 is 6.30. The predicted molar refractivity (Wildman–Crippen MR) is 109 cm³/mol. The summed E-state index contributed by atoms with van der Waals surface area (Å²) in [6.07, 6.45) is 0. The normalized spacial score (nSPS) is 16.4. The molecule has 1 saturated heterocycles. The number of anilines is 2. The molecule has 0 aromatic heterocycles. The van der Waals surface area contributed by atoms with Crippen LogP contribution in [0.3, 0.4) is 0 Å². The third-order valence-electron chi connectivity index (χ3n) is 5.07. The van der Waals surface area contributed by atoms with Crippen molar-refractivity contribution >= 4 is 28.9 Å². The molecule has 0 saturated carbocycles. The Balaban J connectivity index is 1.58. The van der Waals surface area contributed by atoms with E-state index in [2.05, 4.69) is 28.1 Å². The highest BCUT2D eigenvalue weighted by Gasteiger charge is 2.26. The zero-order valence-electron chi connectivity index (χ0n) is 15.6. The molecule has 0 bridgehead atoms. The molecule has 0 spiro atoms. The Morgan fingerprint density at radius 3 is 2.42 bits per heavy atom. The van der Waals surface area contributed by atoms with Gasteiger partial charge in [-0.2, -0.15) is 0 Å². The Morgan fingerprint density at radius 1 is 1.08 bits per heavy atom. The van der Waals surface area contributed by atoms with Gasteiger partial charge in [-0.05, 0) is 44.5 Å². The molecule has 2 aromatic rings. The monoisotopic (exact) mass is 371 g/mol. The molecular formula is C21H26ClN3O. The maximum Gasteiger partial charge on any atom is 0.241 e. The number of rotatable bonds is 4. The van der Waals surface area contributed by atoms with E-state index in [1.165, 1.54) is 5.56 Å². The lowest BCUT2D eigenvalue weighted by molar-refractivity contribution is -0.120. The summed E-state index contributed by atoms with van der Waals surface area (Å²) in [7, 11) is 0. The molecule has 1 amide bonds. The van der Waals surface area contributed by atoms with E-state index in [9.17, 15) is 4.79 Å². The fraction of sp³-hybridized carbons (Fsp3) is 0.381. The third-order valence-corrected chi connectivity index (χ3v) is 5.39. The third kappa shape index (κ3) is 4.19. The van der Waals surface area contributed by atoms with Gasteiger partial charge in [0, 0.05) is 31.9 Å². The first kappa shape index (κ1) is 18.7. The van der Waals surface area contributed by atoms with Crippen molar-refractivity contribution in [2.75, 3.05) is 36.4 Å². The number of benzene rings is 2. The number of aryl methyl sites for hydroxylation is 2. The van der Waals surface area contributed by atoms with Crippen molar-refractivity contribution in [2.45, 2.75) is 26.8 Å². The Bertz CT molecular complexity index is 785. The van der Waals surface area contributed by atoms with E-state index in [1.54, 1.807) is 0 Å². The molecule has 1 N–H and O–H groups in total. The van der Waals surface area contributed by atoms with Gasteiger partial charge in [-0.15, -0.1) is 0 Å². The fourth-order valence-electron chi connectivity index (χ4n) is 3.42. The second-order valence-electron chi connectivity index (χ2n) is 6.96. The van der Waals surface area contributed by atoms with E-state index in [0.29, 0.717) is 0 Å². The van der Waals surface area contributed by atoms with Crippen molar-refractivity contribution in [3.8, 4) is 0 Å². The molecule has 0 aliphatic carbocycles. The van der Waals surface area contributed by atoms with Crippen LogP contribution < -0.4 is 10.2 Å². The van der Waals surface area contributed by atoms with Gasteiger partial charge in [-0.3, -0.25) is 9.69 Å². The van der Waals surface area contributed by atoms with Gasteiger partial charge in [0.05, 0.1) is 16.8 Å². The average molecular weight is 372 g/mol. The van der Waals surface area contributed by atoms with E-state index in [0.717, 1.165) is 48.1 Å². The summed E-state index contributed by atoms with van der Waals surface area (Å²) in [6, 6.07) is 13.8. The van der Waals surface area contributed by atoms with Crippen molar-refractivity contribution in [1.82, 2.24) is 4.90 Å². The summed E-state index contributed by atoms with van der Waals surface area (Å²) in [5.41, 5.74) is 4.25. The average Bonchev–Trinajstić information content (AvgIpc) is 2.64. The van der Waals surface area contributed by atoms with Gasteiger partial charge in [0.25, 0.3) is 0 Å². The van der Waals surface area contributed by atoms with Gasteiger partial charge < -0.3 is 10.2 Å². The number of halogens is 1. The Morgan fingerprint density at radius 2 is 1.77 bits per heavy atom. The second-order valence-corrected chi connectivity index (χ2v) is 7.37. The first-order valence-corrected chi connectivity index (χ1v) is 9.45. The van der Waals surface area contributed by atoms with Gasteiger partial charge in [0.2, 0.25) is 5.91 Å². The molecule has 1 fully saturated rings. The minimum Gasteiger partial charge on any atom is -0.368 e. The second kappa shape index (κ2) is 8.11. The highest BCUT2D eigenvalue weighted by molar-refractivity contribution is 6.33. The first-order valence-electron chi connectivity index (χ1n) is 9.07. The van der Waals surface area contributed by atoms with E-state index < -0.39 is 0 Å². The number of carbonyl (C=O) groups is 1. The Kier molecular flexibility index (Phi) is 5.84. The molecule has 138 valence electrons. The van der Waals surface area contributed by atoms with Crippen molar-refractivity contribution in [3.63, 3.8) is 0 Å². The van der Waals surface area contributed by atoms with E-state index in [1.807, 2.05) is 50.2 Å². The van der Waals surface area contributed by atoms with Crippen LogP contribution >= 0.6 is 11.6 Å². The van der Waals surface area contributed by atoms with Gasteiger partial charge >= 0.3 is 0 Å². The number of nitrogens with one attached hydrogen (secondary N) is 1. The van der Waals surface area contributed by atoms with Crippen LogP contribution in [0.2, 0.25) is 5.02 Å². The molecule has 2 aromatic carbocycles. The molecule has 1 aliphatic rings. The largest absolute Gasteiger partial charge is 0.368 e. The van der Waals surface area contributed by atoms with Gasteiger partial charge in [0.15, 0.2) is 0 Å². The first-order chi connectivity index (χ1) is 12.5. The number of nitrogens with zero attached hydrogens (tertiary/aromatic N) is 2. The maximum absolute atomic E-state index is 12.7. The molecule has 0 unspecified atom stereocenters. The summed E-state index contributed by atoms with van der Waals surface area (Å²) in [4.78, 5) is 17.2. The van der Waals surface area contributed by atoms with Crippen LogP contribution in [0.1, 0.15) is 18.1 Å². The smallest absolute Gasteiger partial charge is 0.241 e. The molecule has 1 aliphatic heterocycles. The van der Waals surface area contributed by atoms with E-state index in [-0.39, 0.29) is 11.9 Å². The van der Waals surface area contributed by atoms with Gasteiger partial charge in [0.1, 0.15) is 0 Å². The summed E-state index contributed by atoms with van der Waals surface area (Å²) in [5.74, 6) is 0.0446. The fourth-order valence-corrected chi connectivity index (χ4v) is 3.67. The van der Waals surface area contributed by atoms with Crippen LogP contribution in [0.25, 0.3) is 0 Å². The minimum atomic E-state index is -0.163. The lowest BCUT2D eigenvalue weighted by Crippen LogP contribution is -2.52. The van der Waals surface area contributed by atoms with Crippen LogP contribution in [0.5, 0.6) is 0 Å². The quantitative estimate of drug-likeness (QED) is 0.878. The number of amides is 1. The van der Waals surface area contributed by atoms with Crippen molar-refractivity contribution in [3.05, 3.63) is 58.6 Å². The topological polar surface area (TPSA) is 35.6 Å². The van der Waals surface area contributed by atoms with Crippen LogP contribution in [0.4, 0.5) is 11.4 Å². The molecule has 3 rings (SSSR count). The number of piperazine rings is 1. The maximum atomic E-state index is 12.7. The van der Waals surface area contributed by atoms with Gasteiger partial charge in [-0.1, -0.05) is 41.4 Å². The number of hydrogen-bond acceptors (Lipinski definition) is 3. The number of hydrogen-bond donors (Lipinski definition) is 1. The lowest BCUT2D eigenvalue weighted by atomic mass is 10.1. The van der Waals surface area contributed by atoms with Gasteiger partial charge in [-0.25, -0.2) is 0 Å². The minimum absolute atomic E-state index is 0.0446. The highest BCUT2D eigenvalue weighted by atomic mass is 35.5. The van der Waals surface area contributed by atoms with E-state index in [4.69, 9.17) is 11.6 Å². The van der Waals surface area contributed by atoms with Crippen molar-refractivity contribution in [1.29, 1.82) is 0 Å². The molecule has 1 atom stereocenters. The Hall–Kier alpha value is -2.04. The molecule has 5 heteroatoms. The van der Waals surface area contributed by atoms with Crippen molar-refractivity contribution in [2.24, 2.45) is 0 Å². The van der Waals surface area contributed by atoms with Crippen LogP contribution in [-0.2, 0) is 4.79 Å². The molecule has 26 heavy (non-hydrogen) atoms. The lowest BCUT2D eigenvalue weighted by Gasteiger charge is -2.38. The molecular weight excluding hydrogens is 346 g/mol.